The summed E-state index contributed by atoms with van der Waals surface area (Å²) in [4.78, 5) is 28.4. The van der Waals surface area contributed by atoms with E-state index in [4.69, 9.17) is 0 Å². The first kappa shape index (κ1) is 32.9. The molecule has 2 heterocycles. The molecule has 0 saturated carbocycles. The SMILES string of the molecule is CC(=NC(=O)N=C1SCCCN1c1cccc(C)c1C(C)C)C(C)c1ccc(-c2ncn(-c3ccc(OC(F)(F)F)cc3)n2)cc1. The van der Waals surface area contributed by atoms with Gasteiger partial charge in [-0.05, 0) is 73.2 Å². The number of ether oxygens (including phenoxy) is 1. The number of aromatic nitrogens is 3. The van der Waals surface area contributed by atoms with Gasteiger partial charge in [0.2, 0.25) is 0 Å². The van der Waals surface area contributed by atoms with Crippen molar-refractivity contribution in [2.45, 2.75) is 59.2 Å². The largest absolute Gasteiger partial charge is 0.573 e. The average molecular weight is 649 g/mol. The van der Waals surface area contributed by atoms with Gasteiger partial charge in [-0.2, -0.15) is 4.99 Å². The van der Waals surface area contributed by atoms with Gasteiger partial charge >= 0.3 is 12.4 Å². The maximum Gasteiger partial charge on any atom is 0.573 e. The Bertz CT molecular complexity index is 1750. The van der Waals surface area contributed by atoms with Crippen molar-refractivity contribution in [1.82, 2.24) is 14.8 Å². The third kappa shape index (κ3) is 7.85. The summed E-state index contributed by atoms with van der Waals surface area (Å²) in [6, 6.07) is 18.7. The molecule has 4 aromatic rings. The number of carbonyl (C=O) groups excluding carboxylic acids is 1. The molecule has 240 valence electrons. The average Bonchev–Trinajstić information content (AvgIpc) is 3.51. The third-order valence-electron chi connectivity index (χ3n) is 7.74. The van der Waals surface area contributed by atoms with Crippen molar-refractivity contribution in [2.24, 2.45) is 9.98 Å². The molecule has 1 unspecified atom stereocenters. The standard InChI is InChI=1S/C34H35F3N6O2S/c1-21(2)30-22(3)8-6-9-29(30)42-18-7-19-46-33(42)40-32(44)39-24(5)23(4)25-10-12-26(13-11-25)31-38-20-43(41-31)27-14-16-28(17-15-27)45-34(35,36)37/h6,8-17,20-21,23H,7,18-19H2,1-5H3. The Morgan fingerprint density at radius 2 is 1.74 bits per heavy atom. The number of hydrogen-bond acceptors (Lipinski definition) is 5. The summed E-state index contributed by atoms with van der Waals surface area (Å²) in [5.41, 5.74) is 6.48. The van der Waals surface area contributed by atoms with Crippen molar-refractivity contribution < 1.29 is 22.7 Å². The van der Waals surface area contributed by atoms with E-state index in [0.717, 1.165) is 35.5 Å². The maximum atomic E-state index is 13.1. The molecule has 0 bridgehead atoms. The van der Waals surface area contributed by atoms with Crippen molar-refractivity contribution >= 4 is 34.4 Å². The minimum Gasteiger partial charge on any atom is -0.406 e. The number of anilines is 1. The predicted molar refractivity (Wildman–Crippen MR) is 178 cm³/mol. The number of rotatable bonds is 7. The molecule has 0 radical (unpaired) electrons. The lowest BCUT2D eigenvalue weighted by Gasteiger charge is -2.32. The lowest BCUT2D eigenvalue weighted by atomic mass is 9.95. The highest BCUT2D eigenvalue weighted by molar-refractivity contribution is 8.14. The van der Waals surface area contributed by atoms with Gasteiger partial charge in [0.05, 0.1) is 5.69 Å². The monoisotopic (exact) mass is 648 g/mol. The number of nitrogens with zero attached hydrogens (tertiary/aromatic N) is 6. The Morgan fingerprint density at radius 1 is 1.02 bits per heavy atom. The number of benzene rings is 3. The smallest absolute Gasteiger partial charge is 0.406 e. The molecule has 1 aliphatic heterocycles. The number of amides is 2. The van der Waals surface area contributed by atoms with Gasteiger partial charge in [-0.15, -0.1) is 18.3 Å². The van der Waals surface area contributed by atoms with Gasteiger partial charge in [0.15, 0.2) is 11.0 Å². The van der Waals surface area contributed by atoms with Gasteiger partial charge < -0.3 is 9.64 Å². The molecule has 46 heavy (non-hydrogen) atoms. The summed E-state index contributed by atoms with van der Waals surface area (Å²) in [7, 11) is 0. The molecule has 0 N–H and O–H groups in total. The summed E-state index contributed by atoms with van der Waals surface area (Å²) in [5, 5.41) is 5.14. The highest BCUT2D eigenvalue weighted by Crippen LogP contribution is 2.34. The topological polar surface area (TPSA) is 85.0 Å². The van der Waals surface area contributed by atoms with E-state index >= 15 is 0 Å². The number of hydrogen-bond donors (Lipinski definition) is 0. The Morgan fingerprint density at radius 3 is 2.41 bits per heavy atom. The van der Waals surface area contributed by atoms with Gasteiger partial charge in [-0.1, -0.05) is 68.9 Å². The van der Waals surface area contributed by atoms with Crippen LogP contribution in [0.5, 0.6) is 5.75 Å². The van der Waals surface area contributed by atoms with Crippen LogP contribution in [0.15, 0.2) is 83.0 Å². The number of alkyl halides is 3. The highest BCUT2D eigenvalue weighted by Gasteiger charge is 2.31. The lowest BCUT2D eigenvalue weighted by Crippen LogP contribution is -2.35. The molecular formula is C34H35F3N6O2S. The highest BCUT2D eigenvalue weighted by atomic mass is 32.2. The van der Waals surface area contributed by atoms with Crippen LogP contribution >= 0.6 is 11.8 Å². The van der Waals surface area contributed by atoms with E-state index < -0.39 is 12.4 Å². The van der Waals surface area contributed by atoms with E-state index in [1.807, 2.05) is 44.2 Å². The van der Waals surface area contributed by atoms with E-state index in [0.29, 0.717) is 28.3 Å². The van der Waals surface area contributed by atoms with E-state index in [9.17, 15) is 18.0 Å². The van der Waals surface area contributed by atoms with E-state index in [-0.39, 0.29) is 11.7 Å². The molecule has 2 amide bonds. The number of thioether (sulfide) groups is 1. The molecule has 1 aromatic heterocycles. The zero-order valence-electron chi connectivity index (χ0n) is 26.2. The number of aliphatic imine (C=N–C) groups is 2. The molecule has 12 heteroatoms. The number of urea groups is 1. The van der Waals surface area contributed by atoms with Crippen LogP contribution in [-0.2, 0) is 0 Å². The number of carbonyl (C=O) groups is 1. The molecule has 0 aliphatic carbocycles. The number of amidine groups is 1. The van der Waals surface area contributed by atoms with E-state index in [1.54, 1.807) is 11.8 Å². The fourth-order valence-electron chi connectivity index (χ4n) is 5.36. The predicted octanol–water partition coefficient (Wildman–Crippen LogP) is 8.95. The normalized spacial score (nSPS) is 15.8. The Hall–Kier alpha value is -4.45. The second kappa shape index (κ2) is 13.9. The van der Waals surface area contributed by atoms with Crippen LogP contribution in [0.2, 0.25) is 0 Å². The fourth-order valence-corrected chi connectivity index (χ4v) is 6.31. The quantitative estimate of drug-likeness (QED) is 0.186. The van der Waals surface area contributed by atoms with Crippen molar-refractivity contribution in [3.05, 3.63) is 89.7 Å². The zero-order chi connectivity index (χ0) is 33.0. The van der Waals surface area contributed by atoms with Crippen LogP contribution in [0.3, 0.4) is 0 Å². The van der Waals surface area contributed by atoms with Crippen LogP contribution < -0.4 is 9.64 Å². The van der Waals surface area contributed by atoms with Crippen LogP contribution in [0.1, 0.15) is 62.6 Å². The summed E-state index contributed by atoms with van der Waals surface area (Å²) in [6.07, 6.45) is -2.26. The Kier molecular flexibility index (Phi) is 9.95. The lowest BCUT2D eigenvalue weighted by molar-refractivity contribution is -0.274. The van der Waals surface area contributed by atoms with E-state index in [2.05, 4.69) is 62.6 Å². The molecule has 1 atom stereocenters. The van der Waals surface area contributed by atoms with Crippen molar-refractivity contribution in [1.29, 1.82) is 0 Å². The van der Waals surface area contributed by atoms with Gasteiger partial charge in [0.1, 0.15) is 12.1 Å². The van der Waals surface area contributed by atoms with Crippen molar-refractivity contribution in [3.8, 4) is 22.8 Å². The minimum absolute atomic E-state index is 0.138. The molecule has 0 spiro atoms. The first-order valence-electron chi connectivity index (χ1n) is 15.0. The van der Waals surface area contributed by atoms with Crippen molar-refractivity contribution in [3.63, 3.8) is 0 Å². The summed E-state index contributed by atoms with van der Waals surface area (Å²) < 4.78 is 42.7. The molecule has 1 aliphatic rings. The molecule has 3 aromatic carbocycles. The van der Waals surface area contributed by atoms with Crippen LogP contribution in [0.4, 0.5) is 23.7 Å². The number of halogens is 3. The van der Waals surface area contributed by atoms with Crippen molar-refractivity contribution in [2.75, 3.05) is 17.2 Å². The van der Waals surface area contributed by atoms with Gasteiger partial charge in [-0.3, -0.25) is 0 Å². The molecule has 5 rings (SSSR count). The summed E-state index contributed by atoms with van der Waals surface area (Å²) in [5.74, 6) is 1.23. The number of aryl methyl sites for hydroxylation is 1. The van der Waals surface area contributed by atoms with E-state index in [1.165, 1.54) is 46.4 Å². The van der Waals surface area contributed by atoms with Gasteiger partial charge in [0.25, 0.3) is 0 Å². The summed E-state index contributed by atoms with van der Waals surface area (Å²) in [6.45, 7) is 11.1. The molecule has 1 saturated heterocycles. The molecule has 8 nitrogen and oxygen atoms in total. The van der Waals surface area contributed by atoms with Gasteiger partial charge in [0, 0.05) is 35.2 Å². The summed E-state index contributed by atoms with van der Waals surface area (Å²) >= 11 is 1.58. The Balaban J connectivity index is 1.27. The Labute approximate surface area is 270 Å². The van der Waals surface area contributed by atoms with Crippen LogP contribution in [0.25, 0.3) is 17.1 Å². The first-order chi connectivity index (χ1) is 21.9. The molecule has 1 fully saturated rings. The van der Waals surface area contributed by atoms with Gasteiger partial charge in [-0.25, -0.2) is 19.5 Å². The molecular weight excluding hydrogens is 613 g/mol. The zero-order valence-corrected chi connectivity index (χ0v) is 27.1. The third-order valence-corrected chi connectivity index (χ3v) is 8.81. The minimum atomic E-state index is -4.75. The second-order valence-electron chi connectivity index (χ2n) is 11.3. The van der Waals surface area contributed by atoms with Crippen LogP contribution in [0, 0.1) is 6.92 Å². The van der Waals surface area contributed by atoms with Crippen LogP contribution in [-0.4, -0.2) is 50.3 Å². The first-order valence-corrected chi connectivity index (χ1v) is 15.9. The maximum absolute atomic E-state index is 13.1. The fraction of sp³-hybridized carbons (Fsp3) is 0.324. The second-order valence-corrected chi connectivity index (χ2v) is 12.4.